The lowest BCUT2D eigenvalue weighted by atomic mass is 10.1. The Balaban J connectivity index is 2.21. The Morgan fingerprint density at radius 1 is 0.967 bits per heavy atom. The fourth-order valence-corrected chi connectivity index (χ4v) is 3.23. The number of hydrogen-bond acceptors (Lipinski definition) is 3. The van der Waals surface area contributed by atoms with Gasteiger partial charge < -0.3 is 0 Å². The van der Waals surface area contributed by atoms with Crippen LogP contribution in [0.3, 0.4) is 0 Å². The molecule has 0 aliphatic carbocycles. The molecule has 3 rings (SSSR count). The number of primary sulfonamides is 1. The monoisotopic (exact) mass is 453 g/mol. The van der Waals surface area contributed by atoms with Gasteiger partial charge in [-0.2, -0.15) is 18.3 Å². The first-order chi connectivity index (χ1) is 13.8. The summed E-state index contributed by atoms with van der Waals surface area (Å²) in [6, 6.07) is 4.52. The number of nitrogens with two attached hydrogens (primary N) is 1. The zero-order chi connectivity index (χ0) is 22.4. The Kier molecular flexibility index (Phi) is 5.37. The second-order valence-electron chi connectivity index (χ2n) is 6.02. The summed E-state index contributed by atoms with van der Waals surface area (Å²) < 4.78 is 116. The molecule has 0 atom stereocenters. The molecule has 0 aliphatic rings. The van der Waals surface area contributed by atoms with Gasteiger partial charge in [-0.3, -0.25) is 0 Å². The van der Waals surface area contributed by atoms with E-state index in [1.807, 2.05) is 0 Å². The van der Waals surface area contributed by atoms with Gasteiger partial charge in [0.15, 0.2) is 0 Å². The van der Waals surface area contributed by atoms with Crippen LogP contribution in [0.4, 0.5) is 30.7 Å². The van der Waals surface area contributed by atoms with Gasteiger partial charge in [0.25, 0.3) is 6.43 Å². The number of aromatic nitrogens is 2. The summed E-state index contributed by atoms with van der Waals surface area (Å²) in [7, 11) is -4.61. The number of benzene rings is 2. The van der Waals surface area contributed by atoms with Crippen molar-refractivity contribution in [2.45, 2.75) is 17.5 Å². The topological polar surface area (TPSA) is 78.0 Å². The second-order valence-corrected chi connectivity index (χ2v) is 7.55. The zero-order valence-corrected chi connectivity index (χ0v) is 15.3. The molecule has 0 spiro atoms. The molecule has 1 heterocycles. The maximum absolute atomic E-state index is 14.5. The molecular weight excluding hydrogens is 443 g/mol. The van der Waals surface area contributed by atoms with E-state index in [-0.39, 0.29) is 11.8 Å². The molecule has 30 heavy (non-hydrogen) atoms. The van der Waals surface area contributed by atoms with E-state index in [1.165, 1.54) is 0 Å². The highest BCUT2D eigenvalue weighted by atomic mass is 32.2. The lowest BCUT2D eigenvalue weighted by Gasteiger charge is -2.11. The Morgan fingerprint density at radius 3 is 2.07 bits per heavy atom. The number of sulfonamides is 1. The molecule has 0 aliphatic heterocycles. The average Bonchev–Trinajstić information content (AvgIpc) is 3.07. The number of halogens is 7. The molecule has 0 radical (unpaired) electrons. The highest BCUT2D eigenvalue weighted by Gasteiger charge is 2.30. The highest BCUT2D eigenvalue weighted by Crippen LogP contribution is 2.34. The summed E-state index contributed by atoms with van der Waals surface area (Å²) in [6.07, 6.45) is -7.78. The van der Waals surface area contributed by atoms with Crippen molar-refractivity contribution in [3.63, 3.8) is 0 Å². The molecule has 3 aromatic rings. The summed E-state index contributed by atoms with van der Waals surface area (Å²) in [5.74, 6) is -2.78. The van der Waals surface area contributed by atoms with Gasteiger partial charge in [0.05, 0.1) is 16.9 Å². The maximum Gasteiger partial charge on any atom is 0.416 e. The summed E-state index contributed by atoms with van der Waals surface area (Å²) in [5, 5.41) is 8.33. The number of nitrogens with zero attached hydrogens (tertiary/aromatic N) is 2. The quantitative estimate of drug-likeness (QED) is 0.594. The van der Waals surface area contributed by atoms with Crippen molar-refractivity contribution in [1.29, 1.82) is 0 Å². The normalized spacial score (nSPS) is 12.6. The van der Waals surface area contributed by atoms with E-state index in [0.717, 1.165) is 12.1 Å². The van der Waals surface area contributed by atoms with Crippen molar-refractivity contribution in [2.24, 2.45) is 5.14 Å². The predicted molar refractivity (Wildman–Crippen MR) is 90.2 cm³/mol. The summed E-state index contributed by atoms with van der Waals surface area (Å²) >= 11 is 0. The van der Waals surface area contributed by atoms with Crippen molar-refractivity contribution >= 4 is 10.0 Å². The van der Waals surface area contributed by atoms with E-state index in [9.17, 15) is 39.2 Å². The first-order valence-corrected chi connectivity index (χ1v) is 9.41. The first kappa shape index (κ1) is 21.8. The van der Waals surface area contributed by atoms with Crippen LogP contribution in [0.2, 0.25) is 0 Å². The van der Waals surface area contributed by atoms with Crippen molar-refractivity contribution in [3.8, 4) is 16.9 Å². The molecule has 0 saturated carbocycles. The Labute approximate surface area is 164 Å². The molecule has 1 aromatic heterocycles. The largest absolute Gasteiger partial charge is 0.416 e. The summed E-state index contributed by atoms with van der Waals surface area (Å²) in [5.41, 5.74) is -3.13. The molecule has 0 amide bonds. The SMILES string of the molecule is NS(=O)(=O)c1cc(F)c(-c2cc(C(F)F)nn2-c2ccc(C(F)(F)F)cc2)cc1F. The van der Waals surface area contributed by atoms with Crippen LogP contribution in [0.1, 0.15) is 17.7 Å². The van der Waals surface area contributed by atoms with Crippen molar-refractivity contribution in [2.75, 3.05) is 0 Å². The molecule has 0 bridgehead atoms. The van der Waals surface area contributed by atoms with Gasteiger partial charge >= 0.3 is 6.18 Å². The van der Waals surface area contributed by atoms with E-state index >= 15 is 0 Å². The van der Waals surface area contributed by atoms with Crippen LogP contribution < -0.4 is 5.14 Å². The van der Waals surface area contributed by atoms with Gasteiger partial charge in [0.1, 0.15) is 22.2 Å². The molecule has 2 N–H and O–H groups in total. The predicted octanol–water partition coefficient (Wildman–Crippen LogP) is 4.42. The second kappa shape index (κ2) is 7.40. The van der Waals surface area contributed by atoms with Gasteiger partial charge in [0, 0.05) is 5.56 Å². The molecule has 2 aromatic carbocycles. The molecule has 160 valence electrons. The average molecular weight is 453 g/mol. The number of hydrogen-bond donors (Lipinski definition) is 1. The molecule has 5 nitrogen and oxygen atoms in total. The molecular formula is C17H10F7N3O2S. The molecule has 0 saturated heterocycles. The Morgan fingerprint density at radius 2 is 1.57 bits per heavy atom. The van der Waals surface area contributed by atoms with Crippen LogP contribution in [0.5, 0.6) is 0 Å². The lowest BCUT2D eigenvalue weighted by Crippen LogP contribution is -2.15. The summed E-state index contributed by atoms with van der Waals surface area (Å²) in [4.78, 5) is -1.15. The van der Waals surface area contributed by atoms with Crippen LogP contribution in [0.15, 0.2) is 47.4 Å². The van der Waals surface area contributed by atoms with E-state index in [4.69, 9.17) is 5.14 Å². The lowest BCUT2D eigenvalue weighted by molar-refractivity contribution is -0.137. The third-order valence-electron chi connectivity index (χ3n) is 4.00. The smallest absolute Gasteiger partial charge is 0.233 e. The molecule has 13 heteroatoms. The first-order valence-electron chi connectivity index (χ1n) is 7.87. The standard InChI is InChI=1S/C17H10F7N3O2S/c18-11-6-15(30(25,28)29)12(19)5-10(11)14-7-13(16(20)21)26-27(14)9-3-1-8(2-4-9)17(22,23)24/h1-7,16H,(H2,25,28,29). The van der Waals surface area contributed by atoms with E-state index in [1.54, 1.807) is 0 Å². The van der Waals surface area contributed by atoms with Gasteiger partial charge in [0.2, 0.25) is 10.0 Å². The van der Waals surface area contributed by atoms with Crippen LogP contribution in [0, 0.1) is 11.6 Å². The van der Waals surface area contributed by atoms with Gasteiger partial charge in [-0.1, -0.05) is 0 Å². The van der Waals surface area contributed by atoms with Crippen LogP contribution in [0.25, 0.3) is 16.9 Å². The van der Waals surface area contributed by atoms with Crippen molar-refractivity contribution < 1.29 is 39.2 Å². The fourth-order valence-electron chi connectivity index (χ4n) is 2.63. The summed E-state index contributed by atoms with van der Waals surface area (Å²) in [6.45, 7) is 0. The van der Waals surface area contributed by atoms with E-state index < -0.39 is 61.7 Å². The minimum Gasteiger partial charge on any atom is -0.233 e. The Hall–Kier alpha value is -2.93. The van der Waals surface area contributed by atoms with Gasteiger partial charge in [-0.15, -0.1) is 0 Å². The minimum atomic E-state index is -4.65. The maximum atomic E-state index is 14.5. The van der Waals surface area contributed by atoms with E-state index in [0.29, 0.717) is 28.9 Å². The van der Waals surface area contributed by atoms with Crippen LogP contribution >= 0.6 is 0 Å². The van der Waals surface area contributed by atoms with E-state index in [2.05, 4.69) is 5.10 Å². The number of rotatable bonds is 4. The Bertz CT molecular complexity index is 1200. The van der Waals surface area contributed by atoms with Crippen LogP contribution in [-0.4, -0.2) is 18.2 Å². The highest BCUT2D eigenvalue weighted by molar-refractivity contribution is 7.89. The van der Waals surface area contributed by atoms with Gasteiger partial charge in [-0.05, 0) is 42.5 Å². The van der Waals surface area contributed by atoms with Crippen LogP contribution in [-0.2, 0) is 16.2 Å². The molecule has 0 unspecified atom stereocenters. The fraction of sp³-hybridized carbons (Fsp3) is 0.118. The number of alkyl halides is 5. The third kappa shape index (κ3) is 4.16. The van der Waals surface area contributed by atoms with Crippen molar-refractivity contribution in [1.82, 2.24) is 9.78 Å². The van der Waals surface area contributed by atoms with Gasteiger partial charge in [-0.25, -0.2) is 35.8 Å². The molecule has 0 fully saturated rings. The zero-order valence-electron chi connectivity index (χ0n) is 14.5. The third-order valence-corrected chi connectivity index (χ3v) is 4.92. The minimum absolute atomic E-state index is 0.153. The van der Waals surface area contributed by atoms with Crippen molar-refractivity contribution in [3.05, 3.63) is 65.4 Å².